The fourth-order valence-corrected chi connectivity index (χ4v) is 2.15. The summed E-state index contributed by atoms with van der Waals surface area (Å²) in [4.78, 5) is 0. The standard InChI is InChI=1S/C15H12Cl2N2O/c16-12-5-4-11(15(17)8-12)10-19-13-2-1-3-14(9-13)20-7-6-18/h1-5,8-9,19H,7,10H2. The van der Waals surface area contributed by atoms with Gasteiger partial charge >= 0.3 is 0 Å². The maximum atomic E-state index is 8.49. The molecule has 0 aromatic heterocycles. The second kappa shape index (κ2) is 7.04. The summed E-state index contributed by atoms with van der Waals surface area (Å²) in [5.41, 5.74) is 1.85. The van der Waals surface area contributed by atoms with Crippen molar-refractivity contribution in [1.29, 1.82) is 5.26 Å². The Labute approximate surface area is 127 Å². The van der Waals surface area contributed by atoms with Crippen molar-refractivity contribution in [2.75, 3.05) is 11.9 Å². The van der Waals surface area contributed by atoms with E-state index in [1.54, 1.807) is 18.2 Å². The number of nitrogens with zero attached hydrogens (tertiary/aromatic N) is 1. The number of nitriles is 1. The van der Waals surface area contributed by atoms with E-state index in [0.717, 1.165) is 11.3 Å². The molecule has 1 N–H and O–H groups in total. The first-order valence-electron chi connectivity index (χ1n) is 5.96. The van der Waals surface area contributed by atoms with Crippen molar-refractivity contribution in [3.63, 3.8) is 0 Å². The summed E-state index contributed by atoms with van der Waals surface area (Å²) in [6.07, 6.45) is 0. The van der Waals surface area contributed by atoms with Crippen molar-refractivity contribution < 1.29 is 4.74 Å². The van der Waals surface area contributed by atoms with Crippen LogP contribution in [0.4, 0.5) is 5.69 Å². The summed E-state index contributed by atoms with van der Waals surface area (Å²) in [5, 5.41) is 13.0. The lowest BCUT2D eigenvalue weighted by Crippen LogP contribution is -2.01. The number of anilines is 1. The molecule has 0 fully saturated rings. The van der Waals surface area contributed by atoms with E-state index in [0.29, 0.717) is 22.3 Å². The molecule has 20 heavy (non-hydrogen) atoms. The van der Waals surface area contributed by atoms with E-state index in [9.17, 15) is 0 Å². The van der Waals surface area contributed by atoms with Gasteiger partial charge in [0, 0.05) is 28.3 Å². The van der Waals surface area contributed by atoms with Gasteiger partial charge in [-0.3, -0.25) is 0 Å². The number of halogens is 2. The largest absolute Gasteiger partial charge is 0.479 e. The van der Waals surface area contributed by atoms with Crippen molar-refractivity contribution in [2.45, 2.75) is 6.54 Å². The lowest BCUT2D eigenvalue weighted by Gasteiger charge is -2.10. The highest BCUT2D eigenvalue weighted by Crippen LogP contribution is 2.23. The zero-order chi connectivity index (χ0) is 14.4. The number of benzene rings is 2. The molecule has 0 saturated carbocycles. The van der Waals surface area contributed by atoms with E-state index in [1.807, 2.05) is 30.3 Å². The highest BCUT2D eigenvalue weighted by Gasteiger charge is 2.02. The zero-order valence-corrected chi connectivity index (χ0v) is 12.1. The topological polar surface area (TPSA) is 45.0 Å². The summed E-state index contributed by atoms with van der Waals surface area (Å²) < 4.78 is 5.24. The first-order chi connectivity index (χ1) is 9.69. The molecule has 0 saturated heterocycles. The van der Waals surface area contributed by atoms with Crippen LogP contribution in [0.3, 0.4) is 0 Å². The Morgan fingerprint density at radius 2 is 2.00 bits per heavy atom. The number of hydrogen-bond donors (Lipinski definition) is 1. The van der Waals surface area contributed by atoms with Gasteiger partial charge in [0.1, 0.15) is 11.8 Å². The maximum absolute atomic E-state index is 8.49. The van der Waals surface area contributed by atoms with Crippen LogP contribution >= 0.6 is 23.2 Å². The van der Waals surface area contributed by atoms with Crippen LogP contribution in [0.25, 0.3) is 0 Å². The minimum absolute atomic E-state index is 0.0342. The van der Waals surface area contributed by atoms with Gasteiger partial charge in [-0.15, -0.1) is 0 Å². The summed E-state index contributed by atoms with van der Waals surface area (Å²) >= 11 is 12.0. The van der Waals surface area contributed by atoms with Gasteiger partial charge in [-0.05, 0) is 29.8 Å². The van der Waals surface area contributed by atoms with Gasteiger partial charge in [0.25, 0.3) is 0 Å². The summed E-state index contributed by atoms with van der Waals surface area (Å²) in [6.45, 7) is 0.615. The smallest absolute Gasteiger partial charge is 0.174 e. The van der Waals surface area contributed by atoms with Gasteiger partial charge in [-0.1, -0.05) is 35.3 Å². The number of nitrogens with one attached hydrogen (secondary N) is 1. The Kier molecular flexibility index (Phi) is 5.11. The molecule has 102 valence electrons. The molecule has 0 bridgehead atoms. The third-order valence-electron chi connectivity index (χ3n) is 2.64. The normalized spacial score (nSPS) is 9.85. The minimum atomic E-state index is 0.0342. The van der Waals surface area contributed by atoms with Gasteiger partial charge in [-0.25, -0.2) is 0 Å². The second-order valence-electron chi connectivity index (χ2n) is 4.06. The van der Waals surface area contributed by atoms with Gasteiger partial charge in [0.05, 0.1) is 0 Å². The SMILES string of the molecule is N#CCOc1cccc(NCc2ccc(Cl)cc2Cl)c1. The van der Waals surface area contributed by atoms with E-state index in [2.05, 4.69) is 5.32 Å². The van der Waals surface area contributed by atoms with Crippen LogP contribution in [0.2, 0.25) is 10.0 Å². The monoisotopic (exact) mass is 306 g/mol. The summed E-state index contributed by atoms with van der Waals surface area (Å²) in [6, 6.07) is 14.8. The minimum Gasteiger partial charge on any atom is -0.479 e. The van der Waals surface area contributed by atoms with Gasteiger partial charge in [0.2, 0.25) is 0 Å². The molecule has 0 unspecified atom stereocenters. The predicted molar refractivity (Wildman–Crippen MR) is 81.3 cm³/mol. The van der Waals surface area contributed by atoms with E-state index in [-0.39, 0.29) is 6.61 Å². The molecule has 2 aromatic rings. The number of rotatable bonds is 5. The third kappa shape index (κ3) is 4.06. The van der Waals surface area contributed by atoms with Crippen LogP contribution in [0, 0.1) is 11.3 Å². The number of ether oxygens (including phenoxy) is 1. The molecular formula is C15H12Cl2N2O. The van der Waals surface area contributed by atoms with E-state index >= 15 is 0 Å². The quantitative estimate of drug-likeness (QED) is 0.884. The lowest BCUT2D eigenvalue weighted by atomic mass is 10.2. The molecule has 2 aromatic carbocycles. The zero-order valence-electron chi connectivity index (χ0n) is 10.6. The van der Waals surface area contributed by atoms with E-state index < -0.39 is 0 Å². The van der Waals surface area contributed by atoms with Gasteiger partial charge in [0.15, 0.2) is 6.61 Å². The Morgan fingerprint density at radius 3 is 2.75 bits per heavy atom. The molecule has 2 rings (SSSR count). The second-order valence-corrected chi connectivity index (χ2v) is 4.91. The van der Waals surface area contributed by atoms with E-state index in [1.165, 1.54) is 0 Å². The van der Waals surface area contributed by atoms with Crippen molar-refractivity contribution in [2.24, 2.45) is 0 Å². The molecule has 0 amide bonds. The van der Waals surface area contributed by atoms with E-state index in [4.69, 9.17) is 33.2 Å². The van der Waals surface area contributed by atoms with Gasteiger partial charge < -0.3 is 10.1 Å². The van der Waals surface area contributed by atoms with Crippen LogP contribution in [-0.2, 0) is 6.54 Å². The van der Waals surface area contributed by atoms with Crippen LogP contribution in [-0.4, -0.2) is 6.61 Å². The Hall–Kier alpha value is -1.89. The average molecular weight is 307 g/mol. The third-order valence-corrected chi connectivity index (χ3v) is 3.22. The molecule has 0 spiro atoms. The fraction of sp³-hybridized carbons (Fsp3) is 0.133. The van der Waals surface area contributed by atoms with Crippen molar-refractivity contribution in [3.8, 4) is 11.8 Å². The maximum Gasteiger partial charge on any atom is 0.174 e. The van der Waals surface area contributed by atoms with Gasteiger partial charge in [-0.2, -0.15) is 5.26 Å². The predicted octanol–water partition coefficient (Wildman–Crippen LogP) is 4.51. The van der Waals surface area contributed by atoms with Crippen LogP contribution in [0.15, 0.2) is 42.5 Å². The fourth-order valence-electron chi connectivity index (χ4n) is 1.67. The molecule has 0 heterocycles. The molecule has 0 aliphatic rings. The molecule has 3 nitrogen and oxygen atoms in total. The first-order valence-corrected chi connectivity index (χ1v) is 6.72. The van der Waals surface area contributed by atoms with Crippen molar-refractivity contribution in [1.82, 2.24) is 0 Å². The van der Waals surface area contributed by atoms with Crippen molar-refractivity contribution >= 4 is 28.9 Å². The van der Waals surface area contributed by atoms with Crippen LogP contribution in [0.5, 0.6) is 5.75 Å². The molecular weight excluding hydrogens is 295 g/mol. The highest BCUT2D eigenvalue weighted by molar-refractivity contribution is 6.35. The number of hydrogen-bond acceptors (Lipinski definition) is 3. The summed E-state index contributed by atoms with van der Waals surface area (Å²) in [7, 11) is 0. The van der Waals surface area contributed by atoms with Crippen LogP contribution in [0.1, 0.15) is 5.56 Å². The highest BCUT2D eigenvalue weighted by atomic mass is 35.5. The Morgan fingerprint density at radius 1 is 1.15 bits per heavy atom. The Bertz CT molecular complexity index is 638. The average Bonchev–Trinajstić information content (AvgIpc) is 2.45. The first kappa shape index (κ1) is 14.5. The van der Waals surface area contributed by atoms with Crippen LogP contribution < -0.4 is 10.1 Å². The van der Waals surface area contributed by atoms with Crippen molar-refractivity contribution in [3.05, 3.63) is 58.1 Å². The molecule has 0 aliphatic carbocycles. The Balaban J connectivity index is 2.01. The molecule has 0 radical (unpaired) electrons. The summed E-state index contributed by atoms with van der Waals surface area (Å²) in [5.74, 6) is 0.652. The molecule has 0 atom stereocenters. The molecule has 0 aliphatic heterocycles. The molecule has 5 heteroatoms. The lowest BCUT2D eigenvalue weighted by molar-refractivity contribution is 0.368.